The molecule has 114 valence electrons. The lowest BCUT2D eigenvalue weighted by Gasteiger charge is -2.28. The van der Waals surface area contributed by atoms with Crippen LogP contribution < -0.4 is 4.90 Å². The molecule has 0 bridgehead atoms. The first-order valence-corrected chi connectivity index (χ1v) is 8.18. The summed E-state index contributed by atoms with van der Waals surface area (Å²) in [6, 6.07) is 0.506. The molecule has 5 nitrogen and oxygen atoms in total. The molecule has 0 unspecified atom stereocenters. The Kier molecular flexibility index (Phi) is 6.04. The Labute approximate surface area is 126 Å². The van der Waals surface area contributed by atoms with Gasteiger partial charge in [0.15, 0.2) is 4.77 Å². The summed E-state index contributed by atoms with van der Waals surface area (Å²) in [5.74, 6) is 0.976. The number of rotatable bonds is 7. The van der Waals surface area contributed by atoms with E-state index in [4.69, 9.17) is 17.0 Å². The fourth-order valence-corrected chi connectivity index (χ4v) is 3.18. The second kappa shape index (κ2) is 7.78. The van der Waals surface area contributed by atoms with E-state index in [1.807, 2.05) is 6.92 Å². The van der Waals surface area contributed by atoms with Crippen molar-refractivity contribution in [2.24, 2.45) is 0 Å². The third kappa shape index (κ3) is 3.61. The van der Waals surface area contributed by atoms with Gasteiger partial charge in [-0.25, -0.2) is 5.10 Å². The van der Waals surface area contributed by atoms with Gasteiger partial charge in [-0.05, 0) is 38.9 Å². The maximum atomic E-state index is 5.46. The van der Waals surface area contributed by atoms with Crippen molar-refractivity contribution in [3.8, 4) is 0 Å². The number of hydrogen-bond donors (Lipinski definition) is 1. The quantitative estimate of drug-likeness (QED) is 0.619. The van der Waals surface area contributed by atoms with Crippen molar-refractivity contribution in [3.63, 3.8) is 0 Å². The van der Waals surface area contributed by atoms with E-state index in [1.54, 1.807) is 0 Å². The molecule has 1 N–H and O–H groups in total. The van der Waals surface area contributed by atoms with E-state index in [2.05, 4.69) is 26.6 Å². The highest BCUT2D eigenvalue weighted by atomic mass is 32.1. The van der Waals surface area contributed by atoms with Crippen LogP contribution in [0.25, 0.3) is 0 Å². The number of aromatic nitrogens is 3. The lowest BCUT2D eigenvalue weighted by atomic mass is 9.95. The van der Waals surface area contributed by atoms with Gasteiger partial charge in [-0.3, -0.25) is 4.57 Å². The molecular weight excluding hydrogens is 272 g/mol. The molecule has 1 aliphatic rings. The third-order valence-corrected chi connectivity index (χ3v) is 4.29. The van der Waals surface area contributed by atoms with Crippen molar-refractivity contribution in [1.82, 2.24) is 14.8 Å². The normalized spacial score (nSPS) is 16.5. The van der Waals surface area contributed by atoms with Gasteiger partial charge in [0, 0.05) is 25.7 Å². The molecule has 0 spiro atoms. The van der Waals surface area contributed by atoms with Crippen molar-refractivity contribution >= 4 is 18.2 Å². The first kappa shape index (κ1) is 15.5. The highest BCUT2D eigenvalue weighted by molar-refractivity contribution is 7.71. The van der Waals surface area contributed by atoms with E-state index in [-0.39, 0.29) is 0 Å². The maximum Gasteiger partial charge on any atom is 0.226 e. The molecule has 1 aromatic heterocycles. The van der Waals surface area contributed by atoms with Gasteiger partial charge in [-0.15, -0.1) is 5.10 Å². The number of H-pyrrole nitrogens is 1. The van der Waals surface area contributed by atoms with Gasteiger partial charge in [0.1, 0.15) is 0 Å². The summed E-state index contributed by atoms with van der Waals surface area (Å²) in [7, 11) is 0. The first-order chi connectivity index (χ1) is 9.77. The molecule has 0 aliphatic heterocycles. The minimum Gasteiger partial charge on any atom is -0.380 e. The standard InChI is InChI=1S/C14H26N4OS/c1-3-17(10-11-19-4-2)13-15-16-14(20)18(13)12-8-6-5-7-9-12/h12H,3-11H2,1-2H3,(H,16,20). The monoisotopic (exact) mass is 298 g/mol. The lowest BCUT2D eigenvalue weighted by molar-refractivity contribution is 0.153. The summed E-state index contributed by atoms with van der Waals surface area (Å²) in [4.78, 5) is 2.25. The molecule has 0 atom stereocenters. The second-order valence-corrected chi connectivity index (χ2v) is 5.65. The van der Waals surface area contributed by atoms with Gasteiger partial charge in [0.25, 0.3) is 0 Å². The zero-order valence-corrected chi connectivity index (χ0v) is 13.4. The average Bonchev–Trinajstić information content (AvgIpc) is 2.86. The average molecular weight is 298 g/mol. The molecule has 1 heterocycles. The molecule has 1 fully saturated rings. The van der Waals surface area contributed by atoms with E-state index in [0.29, 0.717) is 6.04 Å². The van der Waals surface area contributed by atoms with E-state index >= 15 is 0 Å². The number of nitrogens with zero attached hydrogens (tertiary/aromatic N) is 3. The van der Waals surface area contributed by atoms with Crippen LogP contribution >= 0.6 is 12.2 Å². The van der Waals surface area contributed by atoms with Crippen LogP contribution in [-0.4, -0.2) is 41.1 Å². The zero-order valence-electron chi connectivity index (χ0n) is 12.6. The van der Waals surface area contributed by atoms with E-state index < -0.39 is 0 Å². The van der Waals surface area contributed by atoms with E-state index in [0.717, 1.165) is 37.0 Å². The molecular formula is C14H26N4OS. The number of nitrogens with one attached hydrogen (secondary N) is 1. The number of likely N-dealkylation sites (N-methyl/N-ethyl adjacent to an activating group) is 1. The Morgan fingerprint density at radius 1 is 1.35 bits per heavy atom. The summed E-state index contributed by atoms with van der Waals surface area (Å²) in [6.07, 6.45) is 6.36. The first-order valence-electron chi connectivity index (χ1n) is 7.77. The van der Waals surface area contributed by atoms with Crippen molar-refractivity contribution in [2.45, 2.75) is 52.0 Å². The number of anilines is 1. The molecule has 0 radical (unpaired) electrons. The van der Waals surface area contributed by atoms with Gasteiger partial charge in [0.05, 0.1) is 6.61 Å². The largest absolute Gasteiger partial charge is 0.380 e. The minimum absolute atomic E-state index is 0.506. The van der Waals surface area contributed by atoms with Gasteiger partial charge in [0.2, 0.25) is 5.95 Å². The molecule has 1 aromatic rings. The fourth-order valence-electron chi connectivity index (χ4n) is 2.91. The Morgan fingerprint density at radius 2 is 2.10 bits per heavy atom. The summed E-state index contributed by atoms with van der Waals surface area (Å²) in [5.41, 5.74) is 0. The molecule has 0 saturated heterocycles. The predicted octanol–water partition coefficient (Wildman–Crippen LogP) is 3.31. The Hall–Kier alpha value is -0.880. The SMILES string of the molecule is CCOCCN(CC)c1n[nH]c(=S)n1C1CCCCC1. The second-order valence-electron chi connectivity index (χ2n) is 5.27. The summed E-state index contributed by atoms with van der Waals surface area (Å²) >= 11 is 5.44. The highest BCUT2D eigenvalue weighted by Crippen LogP contribution is 2.31. The third-order valence-electron chi connectivity index (χ3n) is 4.00. The lowest BCUT2D eigenvalue weighted by Crippen LogP contribution is -2.31. The molecule has 1 saturated carbocycles. The number of ether oxygens (including phenoxy) is 1. The van der Waals surface area contributed by atoms with Gasteiger partial charge in [-0.1, -0.05) is 19.3 Å². The topological polar surface area (TPSA) is 46.1 Å². The summed E-state index contributed by atoms with van der Waals surface area (Å²) in [6.45, 7) is 7.43. The van der Waals surface area contributed by atoms with Gasteiger partial charge in [-0.2, -0.15) is 0 Å². The smallest absolute Gasteiger partial charge is 0.226 e. The zero-order chi connectivity index (χ0) is 14.4. The Balaban J connectivity index is 2.15. The van der Waals surface area contributed by atoms with Gasteiger partial charge >= 0.3 is 0 Å². The number of hydrogen-bond acceptors (Lipinski definition) is 4. The minimum atomic E-state index is 0.506. The Morgan fingerprint density at radius 3 is 2.75 bits per heavy atom. The molecule has 1 aliphatic carbocycles. The molecule has 2 rings (SSSR count). The van der Waals surface area contributed by atoms with Crippen molar-refractivity contribution in [1.29, 1.82) is 0 Å². The van der Waals surface area contributed by atoms with Crippen LogP contribution in [0.2, 0.25) is 0 Å². The predicted molar refractivity (Wildman–Crippen MR) is 83.9 cm³/mol. The maximum absolute atomic E-state index is 5.46. The van der Waals surface area contributed by atoms with Crippen LogP contribution in [0.3, 0.4) is 0 Å². The van der Waals surface area contributed by atoms with Crippen molar-refractivity contribution < 1.29 is 4.74 Å². The number of aromatic amines is 1. The van der Waals surface area contributed by atoms with Gasteiger partial charge < -0.3 is 9.64 Å². The van der Waals surface area contributed by atoms with Crippen LogP contribution in [0, 0.1) is 4.77 Å². The summed E-state index contributed by atoms with van der Waals surface area (Å²) in [5, 5.41) is 7.43. The van der Waals surface area contributed by atoms with Crippen LogP contribution in [0.5, 0.6) is 0 Å². The van der Waals surface area contributed by atoms with E-state index in [1.165, 1.54) is 32.1 Å². The summed E-state index contributed by atoms with van der Waals surface area (Å²) < 4.78 is 8.44. The molecule has 6 heteroatoms. The highest BCUT2D eigenvalue weighted by Gasteiger charge is 2.22. The van der Waals surface area contributed by atoms with Crippen molar-refractivity contribution in [3.05, 3.63) is 4.77 Å². The Bertz CT molecular complexity index is 450. The molecule has 0 aromatic carbocycles. The van der Waals surface area contributed by atoms with Crippen LogP contribution in [-0.2, 0) is 4.74 Å². The van der Waals surface area contributed by atoms with Crippen LogP contribution in [0.15, 0.2) is 0 Å². The van der Waals surface area contributed by atoms with Crippen molar-refractivity contribution in [2.75, 3.05) is 31.2 Å². The fraction of sp³-hybridized carbons (Fsp3) is 0.857. The molecule has 0 amide bonds. The van der Waals surface area contributed by atoms with E-state index in [9.17, 15) is 0 Å². The molecule has 20 heavy (non-hydrogen) atoms. The van der Waals surface area contributed by atoms with Crippen LogP contribution in [0.1, 0.15) is 52.0 Å². The van der Waals surface area contributed by atoms with Crippen LogP contribution in [0.4, 0.5) is 5.95 Å².